The van der Waals surface area contributed by atoms with Gasteiger partial charge in [0, 0.05) is 38.1 Å². The Morgan fingerprint density at radius 3 is 2.80 bits per heavy atom. The second-order valence-corrected chi connectivity index (χ2v) is 5.62. The fraction of sp³-hybridized carbons (Fsp3) is 0.733. The van der Waals surface area contributed by atoms with Gasteiger partial charge in [-0.25, -0.2) is 4.98 Å². The third kappa shape index (κ3) is 2.87. The highest BCUT2D eigenvalue weighted by Gasteiger charge is 2.31. The highest BCUT2D eigenvalue weighted by molar-refractivity contribution is 5.93. The lowest BCUT2D eigenvalue weighted by atomic mass is 10.1. The molecule has 2 rings (SSSR count). The van der Waals surface area contributed by atoms with Gasteiger partial charge < -0.3 is 9.32 Å². The first-order valence-corrected chi connectivity index (χ1v) is 7.55. The number of nitrogens with zero attached hydrogens (tertiary/aromatic N) is 3. The fourth-order valence-corrected chi connectivity index (χ4v) is 2.94. The molecule has 1 atom stereocenters. The molecule has 1 fully saturated rings. The van der Waals surface area contributed by atoms with E-state index in [9.17, 15) is 4.79 Å². The van der Waals surface area contributed by atoms with E-state index in [4.69, 9.17) is 4.42 Å². The van der Waals surface area contributed by atoms with Crippen molar-refractivity contribution in [3.05, 3.63) is 17.8 Å². The first-order valence-electron chi connectivity index (χ1n) is 7.55. The van der Waals surface area contributed by atoms with Crippen molar-refractivity contribution >= 4 is 5.91 Å². The molecule has 1 aromatic heterocycles. The quantitative estimate of drug-likeness (QED) is 0.847. The first kappa shape index (κ1) is 15.0. The minimum atomic E-state index is 0.0115. The molecule has 0 bridgehead atoms. The normalized spacial score (nSPS) is 20.6. The Hall–Kier alpha value is -1.36. The van der Waals surface area contributed by atoms with Crippen LogP contribution in [0.4, 0.5) is 0 Å². The summed E-state index contributed by atoms with van der Waals surface area (Å²) in [6.07, 6.45) is 3.12. The van der Waals surface area contributed by atoms with Crippen LogP contribution in [0.1, 0.15) is 50.4 Å². The number of aryl methyl sites for hydroxylation is 1. The average Bonchev–Trinajstić information content (AvgIpc) is 2.93. The number of carbonyl (C=O) groups is 1. The zero-order chi connectivity index (χ0) is 14.7. The topological polar surface area (TPSA) is 49.6 Å². The van der Waals surface area contributed by atoms with Gasteiger partial charge in [-0.05, 0) is 20.3 Å². The molecule has 0 spiro atoms. The van der Waals surface area contributed by atoms with Gasteiger partial charge in [0.1, 0.15) is 5.76 Å². The van der Waals surface area contributed by atoms with E-state index < -0.39 is 0 Å². The third-order valence-corrected chi connectivity index (χ3v) is 4.11. The molecule has 0 radical (unpaired) electrons. The van der Waals surface area contributed by atoms with Crippen molar-refractivity contribution in [2.75, 3.05) is 19.6 Å². The van der Waals surface area contributed by atoms with Gasteiger partial charge in [0.15, 0.2) is 12.1 Å². The predicted octanol–water partition coefficient (Wildman–Crippen LogP) is 2.18. The van der Waals surface area contributed by atoms with Gasteiger partial charge in [-0.1, -0.05) is 13.8 Å². The molecule has 0 aromatic carbocycles. The summed E-state index contributed by atoms with van der Waals surface area (Å²) in [5.41, 5.74) is 0.486. The molecule has 0 saturated carbocycles. The Labute approximate surface area is 121 Å². The Morgan fingerprint density at radius 1 is 1.45 bits per heavy atom. The van der Waals surface area contributed by atoms with Crippen LogP contribution in [0.2, 0.25) is 0 Å². The zero-order valence-corrected chi connectivity index (χ0v) is 12.9. The maximum absolute atomic E-state index is 12.6. The molecule has 1 amide bonds. The van der Waals surface area contributed by atoms with Crippen LogP contribution in [-0.4, -0.2) is 52.4 Å². The minimum absolute atomic E-state index is 0.0115. The molecule has 1 saturated heterocycles. The van der Waals surface area contributed by atoms with Crippen molar-refractivity contribution in [1.82, 2.24) is 14.8 Å². The van der Waals surface area contributed by atoms with Crippen LogP contribution in [0.5, 0.6) is 0 Å². The van der Waals surface area contributed by atoms with Crippen LogP contribution >= 0.6 is 0 Å². The predicted molar refractivity (Wildman–Crippen MR) is 77.7 cm³/mol. The summed E-state index contributed by atoms with van der Waals surface area (Å²) < 4.78 is 5.27. The molecule has 1 aliphatic heterocycles. The van der Waals surface area contributed by atoms with Gasteiger partial charge in [-0.15, -0.1) is 0 Å². The Kier molecular flexibility index (Phi) is 4.81. The maximum atomic E-state index is 12.6. The van der Waals surface area contributed by atoms with Crippen LogP contribution in [0.25, 0.3) is 0 Å². The number of oxazole rings is 1. The Morgan fingerprint density at radius 2 is 2.20 bits per heavy atom. The summed E-state index contributed by atoms with van der Waals surface area (Å²) in [5.74, 6) is 0.701. The summed E-state index contributed by atoms with van der Waals surface area (Å²) in [7, 11) is 0. The maximum Gasteiger partial charge on any atom is 0.276 e. The van der Waals surface area contributed by atoms with Crippen LogP contribution in [-0.2, 0) is 6.42 Å². The minimum Gasteiger partial charge on any atom is -0.448 e. The van der Waals surface area contributed by atoms with Gasteiger partial charge in [0.2, 0.25) is 0 Å². The molecular formula is C15H25N3O2. The van der Waals surface area contributed by atoms with Gasteiger partial charge in [0.05, 0.1) is 0 Å². The zero-order valence-electron chi connectivity index (χ0n) is 12.9. The molecule has 2 heterocycles. The molecule has 0 N–H and O–H groups in total. The molecule has 112 valence electrons. The van der Waals surface area contributed by atoms with Crippen LogP contribution in [0.3, 0.4) is 0 Å². The van der Waals surface area contributed by atoms with Crippen LogP contribution in [0.15, 0.2) is 10.8 Å². The number of hydrogen-bond acceptors (Lipinski definition) is 4. The van der Waals surface area contributed by atoms with Gasteiger partial charge in [-0.2, -0.15) is 0 Å². The molecule has 0 aliphatic carbocycles. The standard InChI is InChI=1S/C15H25N3O2/c1-5-12-9-17(7-8-18(12)11(3)4)15(19)14-13(6-2)20-10-16-14/h10-12H,5-9H2,1-4H3. The van der Waals surface area contributed by atoms with E-state index in [1.165, 1.54) is 6.39 Å². The highest BCUT2D eigenvalue weighted by atomic mass is 16.3. The molecule has 5 heteroatoms. The van der Waals surface area contributed by atoms with E-state index in [0.29, 0.717) is 30.0 Å². The highest BCUT2D eigenvalue weighted by Crippen LogP contribution is 2.19. The van der Waals surface area contributed by atoms with Gasteiger partial charge in [-0.3, -0.25) is 9.69 Å². The summed E-state index contributed by atoms with van der Waals surface area (Å²) >= 11 is 0. The van der Waals surface area contributed by atoms with Crippen molar-refractivity contribution in [2.24, 2.45) is 0 Å². The summed E-state index contributed by atoms with van der Waals surface area (Å²) in [5, 5.41) is 0. The van der Waals surface area contributed by atoms with Crippen molar-refractivity contribution in [1.29, 1.82) is 0 Å². The lowest BCUT2D eigenvalue weighted by Crippen LogP contribution is -2.56. The van der Waals surface area contributed by atoms with Crippen LogP contribution < -0.4 is 0 Å². The first-order chi connectivity index (χ1) is 9.58. The second-order valence-electron chi connectivity index (χ2n) is 5.62. The summed E-state index contributed by atoms with van der Waals surface area (Å²) in [6, 6.07) is 0.958. The molecule has 1 aromatic rings. The average molecular weight is 279 g/mol. The van der Waals surface area contributed by atoms with Crippen molar-refractivity contribution in [3.63, 3.8) is 0 Å². The van der Waals surface area contributed by atoms with Gasteiger partial charge >= 0.3 is 0 Å². The van der Waals surface area contributed by atoms with Crippen molar-refractivity contribution in [3.8, 4) is 0 Å². The number of carbonyl (C=O) groups excluding carboxylic acids is 1. The lowest BCUT2D eigenvalue weighted by Gasteiger charge is -2.43. The number of piperazine rings is 1. The monoisotopic (exact) mass is 279 g/mol. The molecular weight excluding hydrogens is 254 g/mol. The van der Waals surface area contributed by atoms with Crippen molar-refractivity contribution in [2.45, 2.75) is 52.6 Å². The second kappa shape index (κ2) is 6.39. The van der Waals surface area contributed by atoms with E-state index in [-0.39, 0.29) is 5.91 Å². The smallest absolute Gasteiger partial charge is 0.276 e. The van der Waals surface area contributed by atoms with Gasteiger partial charge in [0.25, 0.3) is 5.91 Å². The SMILES string of the molecule is CCc1ocnc1C(=O)N1CCN(C(C)C)C(CC)C1. The molecule has 20 heavy (non-hydrogen) atoms. The fourth-order valence-electron chi connectivity index (χ4n) is 2.94. The summed E-state index contributed by atoms with van der Waals surface area (Å²) in [6.45, 7) is 11.1. The number of amides is 1. The van der Waals surface area contributed by atoms with E-state index in [1.54, 1.807) is 0 Å². The van der Waals surface area contributed by atoms with E-state index in [0.717, 1.165) is 26.1 Å². The third-order valence-electron chi connectivity index (χ3n) is 4.11. The molecule has 1 unspecified atom stereocenters. The number of hydrogen-bond donors (Lipinski definition) is 0. The molecule has 1 aliphatic rings. The largest absolute Gasteiger partial charge is 0.448 e. The lowest BCUT2D eigenvalue weighted by molar-refractivity contribution is 0.0366. The Bertz CT molecular complexity index is 456. The molecule has 5 nitrogen and oxygen atoms in total. The van der Waals surface area contributed by atoms with Crippen LogP contribution in [0, 0.1) is 0 Å². The summed E-state index contributed by atoms with van der Waals surface area (Å²) in [4.78, 5) is 21.1. The van der Waals surface area contributed by atoms with E-state index >= 15 is 0 Å². The number of aromatic nitrogens is 1. The Balaban J connectivity index is 2.09. The van der Waals surface area contributed by atoms with Crippen molar-refractivity contribution < 1.29 is 9.21 Å². The van der Waals surface area contributed by atoms with E-state index in [2.05, 4.69) is 30.7 Å². The number of rotatable bonds is 4. The van der Waals surface area contributed by atoms with E-state index in [1.807, 2.05) is 11.8 Å².